The summed E-state index contributed by atoms with van der Waals surface area (Å²) in [6, 6.07) is -0.00424. The van der Waals surface area contributed by atoms with Crippen molar-refractivity contribution in [2.24, 2.45) is 5.73 Å². The number of nitrogens with zero attached hydrogens (tertiary/aromatic N) is 2. The molecule has 0 spiro atoms. The molecule has 0 bridgehead atoms. The van der Waals surface area contributed by atoms with Gasteiger partial charge in [0.05, 0.1) is 18.6 Å². The van der Waals surface area contributed by atoms with Crippen molar-refractivity contribution in [2.45, 2.75) is 19.0 Å². The van der Waals surface area contributed by atoms with Crippen molar-refractivity contribution in [2.75, 3.05) is 6.54 Å². The van der Waals surface area contributed by atoms with E-state index < -0.39 is 0 Å². The van der Waals surface area contributed by atoms with Gasteiger partial charge in [-0.05, 0) is 0 Å². The van der Waals surface area contributed by atoms with E-state index in [1.54, 1.807) is 17.4 Å². The molecule has 1 unspecified atom stereocenters. The number of H-pyrrole nitrogens is 1. The average molecular weight is 180 g/mol. The third-order valence-corrected chi connectivity index (χ3v) is 2.16. The lowest BCUT2D eigenvalue weighted by atomic mass is 10.3. The highest BCUT2D eigenvalue weighted by molar-refractivity contribution is 5.79. The molecule has 5 nitrogen and oxygen atoms in total. The third kappa shape index (κ3) is 1.70. The van der Waals surface area contributed by atoms with E-state index in [2.05, 4.69) is 9.97 Å². The predicted molar refractivity (Wildman–Crippen MR) is 46.6 cm³/mol. The standard InChI is InChI=1S/C8H12N4O/c9-6-1-8(13)12(3-6)4-7-2-10-5-11-7/h2,5-6H,1,3-4,9H2,(H,10,11). The van der Waals surface area contributed by atoms with Crippen LogP contribution in [0.2, 0.25) is 0 Å². The molecule has 1 aliphatic rings. The van der Waals surface area contributed by atoms with Crippen LogP contribution in [0.3, 0.4) is 0 Å². The number of nitrogens with two attached hydrogens (primary N) is 1. The van der Waals surface area contributed by atoms with E-state index in [4.69, 9.17) is 5.73 Å². The number of likely N-dealkylation sites (tertiary alicyclic amines) is 1. The van der Waals surface area contributed by atoms with Crippen molar-refractivity contribution in [1.82, 2.24) is 14.9 Å². The Morgan fingerprint density at radius 2 is 2.62 bits per heavy atom. The second-order valence-electron chi connectivity index (χ2n) is 3.32. The first-order valence-corrected chi connectivity index (χ1v) is 4.26. The van der Waals surface area contributed by atoms with E-state index in [1.165, 1.54) is 0 Å². The molecule has 0 aromatic carbocycles. The highest BCUT2D eigenvalue weighted by atomic mass is 16.2. The quantitative estimate of drug-likeness (QED) is 0.642. The summed E-state index contributed by atoms with van der Waals surface area (Å²) >= 11 is 0. The highest BCUT2D eigenvalue weighted by Crippen LogP contribution is 2.11. The monoisotopic (exact) mass is 180 g/mol. The van der Waals surface area contributed by atoms with Gasteiger partial charge >= 0.3 is 0 Å². The summed E-state index contributed by atoms with van der Waals surface area (Å²) in [7, 11) is 0. The van der Waals surface area contributed by atoms with Crippen LogP contribution in [0, 0.1) is 0 Å². The van der Waals surface area contributed by atoms with Crippen LogP contribution in [-0.2, 0) is 11.3 Å². The zero-order chi connectivity index (χ0) is 9.26. The van der Waals surface area contributed by atoms with Crippen LogP contribution >= 0.6 is 0 Å². The minimum atomic E-state index is -0.00424. The van der Waals surface area contributed by atoms with E-state index in [0.717, 1.165) is 5.69 Å². The lowest BCUT2D eigenvalue weighted by Gasteiger charge is -2.13. The van der Waals surface area contributed by atoms with Gasteiger partial charge in [-0.2, -0.15) is 0 Å². The SMILES string of the molecule is NC1CC(=O)N(Cc2cnc[nH]2)C1. The van der Waals surface area contributed by atoms with Gasteiger partial charge in [-0.25, -0.2) is 4.98 Å². The molecule has 0 saturated carbocycles. The molecule has 5 heteroatoms. The van der Waals surface area contributed by atoms with Gasteiger partial charge in [0, 0.05) is 25.2 Å². The Kier molecular flexibility index (Phi) is 2.02. The Morgan fingerprint density at radius 1 is 1.77 bits per heavy atom. The van der Waals surface area contributed by atoms with E-state index in [9.17, 15) is 4.79 Å². The first-order chi connectivity index (χ1) is 6.25. The minimum absolute atomic E-state index is 0.00424. The molecule has 0 aliphatic carbocycles. The average Bonchev–Trinajstić information content (AvgIpc) is 2.63. The van der Waals surface area contributed by atoms with Crippen LogP contribution in [0.5, 0.6) is 0 Å². The van der Waals surface area contributed by atoms with E-state index in [-0.39, 0.29) is 11.9 Å². The van der Waals surface area contributed by atoms with Gasteiger partial charge in [0.25, 0.3) is 0 Å². The number of carbonyl (C=O) groups excluding carboxylic acids is 1. The van der Waals surface area contributed by atoms with Crippen molar-refractivity contribution in [3.63, 3.8) is 0 Å². The highest BCUT2D eigenvalue weighted by Gasteiger charge is 2.26. The van der Waals surface area contributed by atoms with Crippen molar-refractivity contribution >= 4 is 5.91 Å². The Labute approximate surface area is 75.9 Å². The lowest BCUT2D eigenvalue weighted by Crippen LogP contribution is -2.27. The van der Waals surface area contributed by atoms with E-state index in [1.807, 2.05) is 0 Å². The molecule has 13 heavy (non-hydrogen) atoms. The molecule has 0 radical (unpaired) electrons. The Hall–Kier alpha value is -1.36. The van der Waals surface area contributed by atoms with Gasteiger partial charge in [-0.3, -0.25) is 4.79 Å². The first kappa shape index (κ1) is 8.25. The second kappa shape index (κ2) is 3.18. The molecular weight excluding hydrogens is 168 g/mol. The van der Waals surface area contributed by atoms with Gasteiger partial charge in [0.1, 0.15) is 0 Å². The second-order valence-corrected chi connectivity index (χ2v) is 3.32. The molecule has 1 aromatic rings. The zero-order valence-corrected chi connectivity index (χ0v) is 7.23. The fourth-order valence-electron chi connectivity index (χ4n) is 1.53. The van der Waals surface area contributed by atoms with Crippen molar-refractivity contribution in [1.29, 1.82) is 0 Å². The van der Waals surface area contributed by atoms with Gasteiger partial charge in [0.2, 0.25) is 5.91 Å². The van der Waals surface area contributed by atoms with Gasteiger partial charge < -0.3 is 15.6 Å². The predicted octanol–water partition coefficient (Wildman–Crippen LogP) is -0.531. The molecule has 1 fully saturated rings. The number of nitrogens with one attached hydrogen (secondary N) is 1. The number of amides is 1. The van der Waals surface area contributed by atoms with Gasteiger partial charge in [-0.1, -0.05) is 0 Å². The Morgan fingerprint density at radius 3 is 3.15 bits per heavy atom. The molecule has 1 aliphatic heterocycles. The van der Waals surface area contributed by atoms with Gasteiger partial charge in [-0.15, -0.1) is 0 Å². The van der Waals surface area contributed by atoms with Crippen LogP contribution in [-0.4, -0.2) is 33.4 Å². The number of aromatic nitrogens is 2. The first-order valence-electron chi connectivity index (χ1n) is 4.26. The molecule has 3 N–H and O–H groups in total. The van der Waals surface area contributed by atoms with Crippen molar-refractivity contribution in [3.05, 3.63) is 18.2 Å². The minimum Gasteiger partial charge on any atom is -0.347 e. The third-order valence-electron chi connectivity index (χ3n) is 2.16. The summed E-state index contributed by atoms with van der Waals surface area (Å²) in [5.41, 5.74) is 6.60. The molecule has 1 amide bonds. The smallest absolute Gasteiger partial charge is 0.224 e. The van der Waals surface area contributed by atoms with E-state index >= 15 is 0 Å². The van der Waals surface area contributed by atoms with Crippen LogP contribution < -0.4 is 5.73 Å². The molecule has 70 valence electrons. The number of carbonyl (C=O) groups is 1. The summed E-state index contributed by atoms with van der Waals surface area (Å²) < 4.78 is 0. The molecule has 2 rings (SSSR count). The number of aromatic amines is 1. The van der Waals surface area contributed by atoms with E-state index in [0.29, 0.717) is 19.5 Å². The maximum Gasteiger partial charge on any atom is 0.224 e. The Bertz CT molecular complexity index is 295. The summed E-state index contributed by atoms with van der Waals surface area (Å²) in [5, 5.41) is 0. The Balaban J connectivity index is 1.99. The topological polar surface area (TPSA) is 75.0 Å². The summed E-state index contributed by atoms with van der Waals surface area (Å²) in [6.45, 7) is 1.24. The number of hydrogen-bond donors (Lipinski definition) is 2. The van der Waals surface area contributed by atoms with Gasteiger partial charge in [0.15, 0.2) is 0 Å². The summed E-state index contributed by atoms with van der Waals surface area (Å²) in [6.07, 6.45) is 3.79. The van der Waals surface area contributed by atoms with Crippen LogP contribution in [0.15, 0.2) is 12.5 Å². The molecule has 1 atom stereocenters. The number of rotatable bonds is 2. The lowest BCUT2D eigenvalue weighted by molar-refractivity contribution is -0.128. The fraction of sp³-hybridized carbons (Fsp3) is 0.500. The summed E-state index contributed by atoms with van der Waals surface area (Å²) in [4.78, 5) is 19.9. The van der Waals surface area contributed by atoms with Crippen LogP contribution in [0.1, 0.15) is 12.1 Å². The molecular formula is C8H12N4O. The largest absolute Gasteiger partial charge is 0.347 e. The molecule has 1 aromatic heterocycles. The maximum absolute atomic E-state index is 11.3. The summed E-state index contributed by atoms with van der Waals surface area (Å²) in [5.74, 6) is 0.127. The van der Waals surface area contributed by atoms with Crippen molar-refractivity contribution in [3.8, 4) is 0 Å². The molecule has 1 saturated heterocycles. The van der Waals surface area contributed by atoms with Crippen LogP contribution in [0.25, 0.3) is 0 Å². The van der Waals surface area contributed by atoms with Crippen LogP contribution in [0.4, 0.5) is 0 Å². The fourth-order valence-corrected chi connectivity index (χ4v) is 1.53. The van der Waals surface area contributed by atoms with Crippen molar-refractivity contribution < 1.29 is 4.79 Å². The number of imidazole rings is 1. The number of hydrogen-bond acceptors (Lipinski definition) is 3. The maximum atomic E-state index is 11.3. The zero-order valence-electron chi connectivity index (χ0n) is 7.23. The normalized spacial score (nSPS) is 22.7. The molecule has 2 heterocycles.